The summed E-state index contributed by atoms with van der Waals surface area (Å²) >= 11 is 3.34. The molecule has 0 atom stereocenters. The number of halogens is 1. The molecule has 0 fully saturated rings. The number of hydrogen-bond acceptors (Lipinski definition) is 6. The van der Waals surface area contributed by atoms with Gasteiger partial charge in [-0.25, -0.2) is 9.78 Å². The number of nitrogens with one attached hydrogen (secondary N) is 2. The molecule has 9 heteroatoms. The second-order valence-electron chi connectivity index (χ2n) is 7.98. The average Bonchev–Trinajstić information content (AvgIpc) is 2.90. The molecule has 0 radical (unpaired) electrons. The maximum atomic E-state index is 13.0. The lowest BCUT2D eigenvalue weighted by molar-refractivity contribution is -0.136. The third-order valence-corrected chi connectivity index (χ3v) is 6.06. The number of nitrogens with zero attached hydrogens (tertiary/aromatic N) is 1. The normalized spacial score (nSPS) is 11.1. The van der Waals surface area contributed by atoms with Crippen LogP contribution in [0.2, 0.25) is 0 Å². The molecule has 0 saturated heterocycles. The molecule has 0 aliphatic carbocycles. The molecule has 37 heavy (non-hydrogen) atoms. The van der Waals surface area contributed by atoms with E-state index in [0.717, 1.165) is 16.5 Å². The number of benzene rings is 3. The van der Waals surface area contributed by atoms with Gasteiger partial charge in [0.15, 0.2) is 0 Å². The number of ether oxygens (including phenoxy) is 1. The minimum Gasteiger partial charge on any atom is -0.508 e. The average molecular weight is 560 g/mol. The van der Waals surface area contributed by atoms with Crippen molar-refractivity contribution in [3.63, 3.8) is 0 Å². The first kappa shape index (κ1) is 25.6. The number of phenols is 1. The highest BCUT2D eigenvalue weighted by molar-refractivity contribution is 9.10. The molecule has 0 aliphatic rings. The zero-order valence-electron chi connectivity index (χ0n) is 19.7. The second-order valence-corrected chi connectivity index (χ2v) is 8.83. The summed E-state index contributed by atoms with van der Waals surface area (Å²) in [5.74, 6) is -1.55. The number of pyridine rings is 1. The van der Waals surface area contributed by atoms with Gasteiger partial charge in [-0.1, -0.05) is 36.4 Å². The summed E-state index contributed by atoms with van der Waals surface area (Å²) in [7, 11) is 1.22. The zero-order valence-corrected chi connectivity index (χ0v) is 21.3. The minimum absolute atomic E-state index is 0.0879. The van der Waals surface area contributed by atoms with Crippen molar-refractivity contribution in [3.8, 4) is 5.75 Å². The van der Waals surface area contributed by atoms with Gasteiger partial charge in [0.05, 0.1) is 23.9 Å². The monoisotopic (exact) mass is 559 g/mol. The number of rotatable bonds is 7. The molecule has 0 unspecified atom stereocenters. The lowest BCUT2D eigenvalue weighted by Gasteiger charge is -2.11. The molecule has 3 aromatic carbocycles. The van der Waals surface area contributed by atoms with Gasteiger partial charge in [0, 0.05) is 22.0 Å². The SMILES string of the molecule is COC(=O)/C(=C\c1ccc2ccccc2n1)NC(=O)c1ccc(C(=O)NCc2cccc(O)c2)cc1Br. The number of aromatic nitrogens is 1. The molecule has 0 saturated carbocycles. The smallest absolute Gasteiger partial charge is 0.354 e. The molecule has 4 aromatic rings. The van der Waals surface area contributed by atoms with Gasteiger partial charge in [-0.05, 0) is 70.0 Å². The Bertz CT molecular complexity index is 1530. The molecule has 3 N–H and O–H groups in total. The first-order valence-corrected chi connectivity index (χ1v) is 12.0. The Morgan fingerprint density at radius 2 is 1.78 bits per heavy atom. The minimum atomic E-state index is -0.734. The lowest BCUT2D eigenvalue weighted by Crippen LogP contribution is -2.28. The fraction of sp³-hybridized carbons (Fsp3) is 0.0714. The van der Waals surface area contributed by atoms with Gasteiger partial charge in [0.25, 0.3) is 11.8 Å². The Hall–Kier alpha value is -4.50. The van der Waals surface area contributed by atoms with Gasteiger partial charge in [0.2, 0.25) is 0 Å². The third kappa shape index (κ3) is 6.39. The van der Waals surface area contributed by atoms with Crippen molar-refractivity contribution >= 4 is 50.7 Å². The fourth-order valence-corrected chi connectivity index (χ4v) is 4.11. The topological polar surface area (TPSA) is 118 Å². The predicted octanol–water partition coefficient (Wildman–Crippen LogP) is 4.58. The molecule has 4 rings (SSSR count). The predicted molar refractivity (Wildman–Crippen MR) is 143 cm³/mol. The lowest BCUT2D eigenvalue weighted by atomic mass is 10.1. The fourth-order valence-electron chi connectivity index (χ4n) is 3.55. The Kier molecular flexibility index (Phi) is 7.95. The van der Waals surface area contributed by atoms with Crippen LogP contribution in [0.3, 0.4) is 0 Å². The van der Waals surface area contributed by atoms with E-state index in [0.29, 0.717) is 15.7 Å². The molecule has 1 heterocycles. The van der Waals surface area contributed by atoms with E-state index in [1.807, 2.05) is 30.3 Å². The summed E-state index contributed by atoms with van der Waals surface area (Å²) < 4.78 is 5.19. The highest BCUT2D eigenvalue weighted by atomic mass is 79.9. The van der Waals surface area contributed by atoms with Gasteiger partial charge in [0.1, 0.15) is 11.4 Å². The van der Waals surface area contributed by atoms with Crippen molar-refractivity contribution in [2.45, 2.75) is 6.54 Å². The van der Waals surface area contributed by atoms with Crippen LogP contribution in [0, 0.1) is 0 Å². The summed E-state index contributed by atoms with van der Waals surface area (Å²) in [5, 5.41) is 15.8. The molecule has 0 aliphatic heterocycles. The summed E-state index contributed by atoms with van der Waals surface area (Å²) in [6, 6.07) is 22.2. The Labute approximate surface area is 221 Å². The highest BCUT2D eigenvalue weighted by Crippen LogP contribution is 2.20. The van der Waals surface area contributed by atoms with Gasteiger partial charge in [-0.3, -0.25) is 9.59 Å². The van der Waals surface area contributed by atoms with Crippen LogP contribution in [-0.4, -0.2) is 35.0 Å². The number of hydrogen-bond donors (Lipinski definition) is 3. The quantitative estimate of drug-likeness (QED) is 0.225. The number of esters is 1. The van der Waals surface area contributed by atoms with Crippen LogP contribution >= 0.6 is 15.9 Å². The first-order valence-electron chi connectivity index (χ1n) is 11.2. The maximum Gasteiger partial charge on any atom is 0.354 e. The van der Waals surface area contributed by atoms with Crippen molar-refractivity contribution in [1.82, 2.24) is 15.6 Å². The molecule has 8 nitrogen and oxygen atoms in total. The van der Waals surface area contributed by atoms with E-state index in [2.05, 4.69) is 31.5 Å². The van der Waals surface area contributed by atoms with E-state index in [1.54, 1.807) is 30.3 Å². The molecule has 0 bridgehead atoms. The van der Waals surface area contributed by atoms with Crippen LogP contribution in [0.4, 0.5) is 0 Å². The molecular formula is C28H22BrN3O5. The number of carbonyl (C=O) groups excluding carboxylic acids is 3. The number of carbonyl (C=O) groups is 3. The van der Waals surface area contributed by atoms with Crippen molar-refractivity contribution < 1.29 is 24.2 Å². The van der Waals surface area contributed by atoms with E-state index in [9.17, 15) is 19.5 Å². The Morgan fingerprint density at radius 3 is 2.54 bits per heavy atom. The van der Waals surface area contributed by atoms with Gasteiger partial charge >= 0.3 is 5.97 Å². The highest BCUT2D eigenvalue weighted by Gasteiger charge is 2.18. The van der Waals surface area contributed by atoms with Gasteiger partial charge in [-0.15, -0.1) is 0 Å². The van der Waals surface area contributed by atoms with Crippen molar-refractivity contribution in [1.29, 1.82) is 0 Å². The van der Waals surface area contributed by atoms with Crippen LogP contribution < -0.4 is 10.6 Å². The standard InChI is InChI=1S/C28H22BrN3O5/c1-37-28(36)25(15-20-11-9-18-6-2-3-8-24(18)31-20)32-27(35)22-12-10-19(14-23(22)29)26(34)30-16-17-5-4-7-21(33)13-17/h2-15,33H,16H2,1H3,(H,30,34)(H,32,35)/b25-15+. The van der Waals surface area contributed by atoms with Crippen molar-refractivity contribution in [2.24, 2.45) is 0 Å². The zero-order chi connectivity index (χ0) is 26.4. The number of amides is 2. The van der Waals surface area contributed by atoms with E-state index in [-0.39, 0.29) is 29.5 Å². The van der Waals surface area contributed by atoms with Crippen LogP contribution in [0.1, 0.15) is 32.0 Å². The molecule has 1 aromatic heterocycles. The number of methoxy groups -OCH3 is 1. The maximum absolute atomic E-state index is 13.0. The number of para-hydroxylation sites is 1. The molecule has 186 valence electrons. The van der Waals surface area contributed by atoms with E-state index >= 15 is 0 Å². The number of aromatic hydroxyl groups is 1. The Morgan fingerprint density at radius 1 is 0.973 bits per heavy atom. The van der Waals surface area contributed by atoms with E-state index in [4.69, 9.17) is 4.74 Å². The van der Waals surface area contributed by atoms with Gasteiger partial charge < -0.3 is 20.5 Å². The summed E-state index contributed by atoms with van der Waals surface area (Å²) in [6.07, 6.45) is 1.44. The van der Waals surface area contributed by atoms with E-state index < -0.39 is 11.9 Å². The van der Waals surface area contributed by atoms with Crippen molar-refractivity contribution in [2.75, 3.05) is 7.11 Å². The van der Waals surface area contributed by atoms with Crippen LogP contribution in [0.15, 0.2) is 89.0 Å². The number of fused-ring (bicyclic) bond motifs is 1. The van der Waals surface area contributed by atoms with Crippen LogP contribution in [0.5, 0.6) is 5.75 Å². The summed E-state index contributed by atoms with van der Waals surface area (Å²) in [6.45, 7) is 0.225. The molecular weight excluding hydrogens is 538 g/mol. The molecule has 0 spiro atoms. The summed E-state index contributed by atoms with van der Waals surface area (Å²) in [5.41, 5.74) is 2.41. The third-order valence-electron chi connectivity index (χ3n) is 5.41. The first-order chi connectivity index (χ1) is 17.8. The Balaban J connectivity index is 1.50. The van der Waals surface area contributed by atoms with Crippen molar-refractivity contribution in [3.05, 3.63) is 111 Å². The van der Waals surface area contributed by atoms with Crippen LogP contribution in [-0.2, 0) is 16.1 Å². The molecule has 2 amide bonds. The van der Waals surface area contributed by atoms with Gasteiger partial charge in [-0.2, -0.15) is 0 Å². The largest absolute Gasteiger partial charge is 0.508 e. The second kappa shape index (κ2) is 11.5. The summed E-state index contributed by atoms with van der Waals surface area (Å²) in [4.78, 5) is 42.4. The number of phenolic OH excluding ortho intramolecular Hbond substituents is 1. The van der Waals surface area contributed by atoms with E-state index in [1.165, 1.54) is 31.4 Å². The van der Waals surface area contributed by atoms with Crippen LogP contribution in [0.25, 0.3) is 17.0 Å².